The normalized spacial score (nSPS) is 14.1. The van der Waals surface area contributed by atoms with E-state index < -0.39 is 20.0 Å². The molecular formula is C50H104N2O6P+. The standard InChI is InChI=1S/C50H103N2O6P/c1-6-8-10-12-14-16-17-18-19-20-21-22-23-24-25-26-27-28-29-30-31-32-33-34-36-38-40-42-44-50(54)51-48(47-58-59(55,56)57-46-45-52(3,4)5)49(53)43-41-39-37-35-15-13-11-9-7-2/h48-49,53H,6-47H2,1-5H3,(H-,51,54,55,56)/p+1/t48-,49+/m0/s1. The smallest absolute Gasteiger partial charge is 0.391 e. The maximum absolute atomic E-state index is 12.9. The molecule has 0 radical (unpaired) electrons. The van der Waals surface area contributed by atoms with Crippen LogP contribution in [-0.4, -0.2) is 73.4 Å². The zero-order valence-corrected chi connectivity index (χ0v) is 41.2. The molecule has 0 aromatic rings. The molecule has 8 nitrogen and oxygen atoms in total. The van der Waals surface area contributed by atoms with Crippen molar-refractivity contribution >= 4 is 13.7 Å². The van der Waals surface area contributed by atoms with Gasteiger partial charge in [0.05, 0.1) is 39.9 Å². The lowest BCUT2D eigenvalue weighted by Crippen LogP contribution is -2.46. The maximum Gasteiger partial charge on any atom is 0.472 e. The predicted molar refractivity (Wildman–Crippen MR) is 254 cm³/mol. The Bertz CT molecular complexity index is 932. The molecular weight excluding hydrogens is 756 g/mol. The second-order valence-electron chi connectivity index (χ2n) is 19.3. The Morgan fingerprint density at radius 1 is 0.508 bits per heavy atom. The first kappa shape index (κ1) is 58.5. The van der Waals surface area contributed by atoms with Crippen molar-refractivity contribution in [2.24, 2.45) is 0 Å². The summed E-state index contributed by atoms with van der Waals surface area (Å²) < 4.78 is 23.6. The van der Waals surface area contributed by atoms with Gasteiger partial charge in [-0.25, -0.2) is 4.57 Å². The Hall–Kier alpha value is -0.500. The van der Waals surface area contributed by atoms with E-state index in [4.69, 9.17) is 9.05 Å². The first-order valence-electron chi connectivity index (χ1n) is 25.9. The highest BCUT2D eigenvalue weighted by Crippen LogP contribution is 2.43. The van der Waals surface area contributed by atoms with E-state index in [-0.39, 0.29) is 19.1 Å². The van der Waals surface area contributed by atoms with E-state index in [1.54, 1.807) is 0 Å². The summed E-state index contributed by atoms with van der Waals surface area (Å²) in [4.78, 5) is 23.1. The van der Waals surface area contributed by atoms with Gasteiger partial charge < -0.3 is 19.8 Å². The van der Waals surface area contributed by atoms with Crippen LogP contribution in [0.25, 0.3) is 0 Å². The van der Waals surface area contributed by atoms with Gasteiger partial charge in [0.2, 0.25) is 5.91 Å². The fourth-order valence-corrected chi connectivity index (χ4v) is 8.73. The van der Waals surface area contributed by atoms with Crippen LogP contribution in [0.3, 0.4) is 0 Å². The van der Waals surface area contributed by atoms with Crippen molar-refractivity contribution in [3.63, 3.8) is 0 Å². The molecule has 3 N–H and O–H groups in total. The molecule has 1 unspecified atom stereocenters. The molecule has 0 aliphatic rings. The number of hydrogen-bond acceptors (Lipinski definition) is 5. The molecule has 0 saturated heterocycles. The van der Waals surface area contributed by atoms with E-state index >= 15 is 0 Å². The van der Waals surface area contributed by atoms with Crippen LogP contribution in [0.1, 0.15) is 264 Å². The van der Waals surface area contributed by atoms with Gasteiger partial charge in [0.1, 0.15) is 13.2 Å². The third-order valence-corrected chi connectivity index (χ3v) is 13.1. The number of carbonyl (C=O) groups excluding carboxylic acids is 1. The van der Waals surface area contributed by atoms with Gasteiger partial charge in [-0.15, -0.1) is 0 Å². The van der Waals surface area contributed by atoms with Gasteiger partial charge in [-0.05, 0) is 12.8 Å². The summed E-state index contributed by atoms with van der Waals surface area (Å²) >= 11 is 0. The van der Waals surface area contributed by atoms with Crippen LogP contribution in [0.2, 0.25) is 0 Å². The van der Waals surface area contributed by atoms with Gasteiger partial charge in [-0.1, -0.05) is 245 Å². The summed E-state index contributed by atoms with van der Waals surface area (Å²) in [5, 5.41) is 13.9. The molecule has 354 valence electrons. The second-order valence-corrected chi connectivity index (χ2v) is 20.7. The van der Waals surface area contributed by atoms with Crippen LogP contribution < -0.4 is 5.32 Å². The van der Waals surface area contributed by atoms with Crippen LogP contribution in [0, 0.1) is 0 Å². The van der Waals surface area contributed by atoms with Crippen molar-refractivity contribution in [1.29, 1.82) is 0 Å². The molecule has 0 heterocycles. The molecule has 0 bridgehead atoms. The number of aliphatic hydroxyl groups is 1. The molecule has 1 amide bonds. The molecule has 3 atom stereocenters. The lowest BCUT2D eigenvalue weighted by molar-refractivity contribution is -0.870. The minimum absolute atomic E-state index is 0.0783. The van der Waals surface area contributed by atoms with Gasteiger partial charge in [0.15, 0.2) is 0 Å². The first-order valence-corrected chi connectivity index (χ1v) is 27.4. The fourth-order valence-electron chi connectivity index (χ4n) is 7.99. The van der Waals surface area contributed by atoms with Gasteiger partial charge in [0, 0.05) is 6.42 Å². The molecule has 0 spiro atoms. The molecule has 0 fully saturated rings. The number of phosphoric acid groups is 1. The topological polar surface area (TPSA) is 105 Å². The summed E-state index contributed by atoms with van der Waals surface area (Å²) in [5.74, 6) is -0.140. The van der Waals surface area contributed by atoms with Crippen molar-refractivity contribution in [2.45, 2.75) is 276 Å². The van der Waals surface area contributed by atoms with E-state index in [9.17, 15) is 19.4 Å². The van der Waals surface area contributed by atoms with E-state index in [0.717, 1.165) is 38.5 Å². The third-order valence-electron chi connectivity index (χ3n) is 12.1. The molecule has 9 heteroatoms. The predicted octanol–water partition coefficient (Wildman–Crippen LogP) is 14.9. The van der Waals surface area contributed by atoms with Gasteiger partial charge in [-0.3, -0.25) is 13.8 Å². The average Bonchev–Trinajstić information content (AvgIpc) is 3.19. The van der Waals surface area contributed by atoms with Gasteiger partial charge in [0.25, 0.3) is 0 Å². The maximum atomic E-state index is 12.9. The van der Waals surface area contributed by atoms with Crippen molar-refractivity contribution < 1.29 is 32.9 Å². The average molecular weight is 860 g/mol. The van der Waals surface area contributed by atoms with Crippen LogP contribution in [-0.2, 0) is 18.4 Å². The highest BCUT2D eigenvalue weighted by Gasteiger charge is 2.28. The summed E-state index contributed by atoms with van der Waals surface area (Å²) in [5.41, 5.74) is 0. The van der Waals surface area contributed by atoms with Gasteiger partial charge >= 0.3 is 7.82 Å². The van der Waals surface area contributed by atoms with Gasteiger partial charge in [-0.2, -0.15) is 0 Å². The highest BCUT2D eigenvalue weighted by atomic mass is 31.2. The van der Waals surface area contributed by atoms with Crippen LogP contribution in [0.4, 0.5) is 0 Å². The fraction of sp³-hybridized carbons (Fsp3) is 0.980. The summed E-state index contributed by atoms with van der Waals surface area (Å²) in [6, 6.07) is -0.752. The number of carbonyl (C=O) groups is 1. The molecule has 0 aliphatic carbocycles. The number of amides is 1. The van der Waals surface area contributed by atoms with Crippen LogP contribution in [0.5, 0.6) is 0 Å². The molecule has 0 aliphatic heterocycles. The Morgan fingerprint density at radius 3 is 1.14 bits per heavy atom. The Balaban J connectivity index is 3.95. The lowest BCUT2D eigenvalue weighted by atomic mass is 10.0. The number of quaternary nitrogens is 1. The Labute approximate surface area is 368 Å². The number of aliphatic hydroxyl groups excluding tert-OH is 1. The number of phosphoric ester groups is 1. The van der Waals surface area contributed by atoms with E-state index in [0.29, 0.717) is 23.9 Å². The van der Waals surface area contributed by atoms with Crippen molar-refractivity contribution in [3.05, 3.63) is 0 Å². The summed E-state index contributed by atoms with van der Waals surface area (Å²) in [6.07, 6.45) is 48.8. The molecule has 0 rings (SSSR count). The van der Waals surface area contributed by atoms with Crippen molar-refractivity contribution in [2.75, 3.05) is 40.9 Å². The van der Waals surface area contributed by atoms with E-state index in [1.807, 2.05) is 21.1 Å². The minimum atomic E-state index is -4.30. The van der Waals surface area contributed by atoms with E-state index in [1.165, 1.54) is 199 Å². The van der Waals surface area contributed by atoms with Crippen LogP contribution >= 0.6 is 7.82 Å². The van der Waals surface area contributed by atoms with E-state index in [2.05, 4.69) is 19.2 Å². The molecule has 0 aromatic heterocycles. The summed E-state index contributed by atoms with van der Waals surface area (Å²) in [7, 11) is 1.63. The monoisotopic (exact) mass is 860 g/mol. The van der Waals surface area contributed by atoms with Crippen molar-refractivity contribution in [3.8, 4) is 0 Å². The molecule has 0 aromatic carbocycles. The minimum Gasteiger partial charge on any atom is -0.391 e. The lowest BCUT2D eigenvalue weighted by Gasteiger charge is -2.26. The number of rotatable bonds is 48. The Morgan fingerprint density at radius 2 is 0.814 bits per heavy atom. The summed E-state index contributed by atoms with van der Waals surface area (Å²) in [6.45, 7) is 4.90. The number of unbranched alkanes of at least 4 members (excludes halogenated alkanes) is 35. The molecule has 59 heavy (non-hydrogen) atoms. The van der Waals surface area contributed by atoms with Crippen LogP contribution in [0.15, 0.2) is 0 Å². The Kier molecular flexibility index (Phi) is 42.4. The third kappa shape index (κ3) is 45.3. The number of nitrogens with zero attached hydrogens (tertiary/aromatic N) is 1. The number of hydrogen-bond donors (Lipinski definition) is 3. The second kappa shape index (κ2) is 42.8. The number of nitrogens with one attached hydrogen (secondary N) is 1. The largest absolute Gasteiger partial charge is 0.472 e. The zero-order valence-electron chi connectivity index (χ0n) is 40.3. The quantitative estimate of drug-likeness (QED) is 0.0320. The highest BCUT2D eigenvalue weighted by molar-refractivity contribution is 7.47. The zero-order chi connectivity index (χ0) is 43.6. The number of likely N-dealkylation sites (N-methyl/N-ethyl adjacent to an activating group) is 1. The van der Waals surface area contributed by atoms with Crippen molar-refractivity contribution in [1.82, 2.24) is 5.32 Å². The SMILES string of the molecule is CCCCCCCCCCCCCCCCCCCCCCCCCCCCCCC(=O)N[C@@H](COP(=O)(O)OCC[N+](C)(C)C)[C@H](O)CCCCCCCCCCC. The molecule has 0 saturated carbocycles. The first-order chi connectivity index (χ1) is 28.5.